The molecular weight excluding hydrogens is 240 g/mol. The first-order valence-corrected chi connectivity index (χ1v) is 7.79. The van der Waals surface area contributed by atoms with Crippen molar-refractivity contribution in [1.82, 2.24) is 10.2 Å². The molecule has 0 radical (unpaired) electrons. The molecule has 1 N–H and O–H groups in total. The van der Waals surface area contributed by atoms with E-state index in [1.165, 1.54) is 12.8 Å². The Morgan fingerprint density at radius 3 is 2.58 bits per heavy atom. The van der Waals surface area contributed by atoms with E-state index in [0.717, 1.165) is 45.4 Å². The van der Waals surface area contributed by atoms with Gasteiger partial charge in [0.05, 0.1) is 6.10 Å². The molecule has 0 unspecified atom stereocenters. The van der Waals surface area contributed by atoms with Crippen molar-refractivity contribution < 1.29 is 9.53 Å². The first kappa shape index (κ1) is 14.8. The molecule has 110 valence electrons. The number of piperidine rings is 1. The van der Waals surface area contributed by atoms with Crippen LogP contribution in [0.2, 0.25) is 0 Å². The van der Waals surface area contributed by atoms with E-state index in [9.17, 15) is 4.79 Å². The lowest BCUT2D eigenvalue weighted by Gasteiger charge is -2.27. The number of nitrogens with zero attached hydrogens (tertiary/aromatic N) is 1. The second-order valence-corrected chi connectivity index (χ2v) is 6.03. The van der Waals surface area contributed by atoms with Crippen molar-refractivity contribution in [2.75, 3.05) is 32.8 Å². The fourth-order valence-corrected chi connectivity index (χ4v) is 3.22. The molecule has 0 atom stereocenters. The lowest BCUT2D eigenvalue weighted by atomic mass is 9.82. The first-order valence-electron chi connectivity index (χ1n) is 7.79. The van der Waals surface area contributed by atoms with E-state index < -0.39 is 0 Å². The van der Waals surface area contributed by atoms with Gasteiger partial charge in [0.25, 0.3) is 0 Å². The summed E-state index contributed by atoms with van der Waals surface area (Å²) in [5.74, 6) is 0.183. The molecule has 0 aromatic rings. The maximum atomic E-state index is 12.2. The van der Waals surface area contributed by atoms with Gasteiger partial charge in [-0.05, 0) is 50.6 Å². The molecule has 0 aromatic heterocycles. The molecule has 2 heterocycles. The monoisotopic (exact) mass is 268 g/mol. The third kappa shape index (κ3) is 3.69. The number of hydrogen-bond acceptors (Lipinski definition) is 3. The summed E-state index contributed by atoms with van der Waals surface area (Å²) in [6.45, 7) is 8.61. The number of ether oxygens (including phenoxy) is 1. The van der Waals surface area contributed by atoms with Gasteiger partial charge in [-0.1, -0.05) is 13.8 Å². The Kier molecular flexibility index (Phi) is 5.22. The second kappa shape index (κ2) is 6.71. The third-order valence-corrected chi connectivity index (χ3v) is 5.02. The van der Waals surface area contributed by atoms with Crippen molar-refractivity contribution >= 4 is 5.91 Å². The van der Waals surface area contributed by atoms with Crippen LogP contribution in [-0.2, 0) is 9.53 Å². The van der Waals surface area contributed by atoms with Gasteiger partial charge in [0.1, 0.15) is 6.61 Å². The number of likely N-dealkylation sites (tertiary alicyclic amines) is 1. The average molecular weight is 268 g/mol. The van der Waals surface area contributed by atoms with Gasteiger partial charge >= 0.3 is 0 Å². The number of hydrogen-bond donors (Lipinski definition) is 1. The zero-order valence-corrected chi connectivity index (χ0v) is 12.4. The summed E-state index contributed by atoms with van der Waals surface area (Å²) in [4.78, 5) is 14.2. The molecule has 2 fully saturated rings. The number of carbonyl (C=O) groups excluding carboxylic acids is 1. The zero-order valence-electron chi connectivity index (χ0n) is 12.4. The minimum atomic E-state index is 0.183. The van der Waals surface area contributed by atoms with E-state index >= 15 is 0 Å². The van der Waals surface area contributed by atoms with E-state index in [1.54, 1.807) is 0 Å². The maximum Gasteiger partial charge on any atom is 0.248 e. The van der Waals surface area contributed by atoms with Crippen molar-refractivity contribution in [3.05, 3.63) is 0 Å². The van der Waals surface area contributed by atoms with Crippen LogP contribution in [0.5, 0.6) is 0 Å². The van der Waals surface area contributed by atoms with Crippen LogP contribution in [-0.4, -0.2) is 49.7 Å². The summed E-state index contributed by atoms with van der Waals surface area (Å²) in [6, 6.07) is 0. The van der Waals surface area contributed by atoms with Crippen molar-refractivity contribution in [2.24, 2.45) is 5.41 Å². The van der Waals surface area contributed by atoms with Crippen molar-refractivity contribution in [3.8, 4) is 0 Å². The molecule has 2 aliphatic heterocycles. The minimum Gasteiger partial charge on any atom is -0.368 e. The number of nitrogens with one attached hydrogen (secondary N) is 1. The van der Waals surface area contributed by atoms with Crippen LogP contribution in [0.15, 0.2) is 0 Å². The maximum absolute atomic E-state index is 12.2. The summed E-state index contributed by atoms with van der Waals surface area (Å²) in [6.07, 6.45) is 5.82. The van der Waals surface area contributed by atoms with Crippen LogP contribution >= 0.6 is 0 Å². The lowest BCUT2D eigenvalue weighted by Crippen LogP contribution is -2.38. The first-order chi connectivity index (χ1) is 9.19. The van der Waals surface area contributed by atoms with E-state index in [1.807, 2.05) is 4.90 Å². The predicted octanol–water partition coefficient (Wildman–Crippen LogP) is 1.79. The highest BCUT2D eigenvalue weighted by Crippen LogP contribution is 2.36. The topological polar surface area (TPSA) is 41.6 Å². The Bertz CT molecular complexity index is 297. The second-order valence-electron chi connectivity index (χ2n) is 6.03. The highest BCUT2D eigenvalue weighted by molar-refractivity contribution is 5.77. The molecule has 2 rings (SSSR count). The molecule has 0 aromatic carbocycles. The lowest BCUT2D eigenvalue weighted by molar-refractivity contribution is -0.138. The van der Waals surface area contributed by atoms with E-state index in [-0.39, 0.29) is 18.6 Å². The quantitative estimate of drug-likeness (QED) is 0.826. The van der Waals surface area contributed by atoms with Gasteiger partial charge in [-0.15, -0.1) is 0 Å². The smallest absolute Gasteiger partial charge is 0.248 e. The Morgan fingerprint density at radius 1 is 1.32 bits per heavy atom. The molecule has 0 aliphatic carbocycles. The predicted molar refractivity (Wildman–Crippen MR) is 76.1 cm³/mol. The van der Waals surface area contributed by atoms with Gasteiger partial charge in [-0.25, -0.2) is 0 Å². The van der Waals surface area contributed by atoms with Gasteiger partial charge in [-0.2, -0.15) is 0 Å². The summed E-state index contributed by atoms with van der Waals surface area (Å²) >= 11 is 0. The van der Waals surface area contributed by atoms with E-state index in [4.69, 9.17) is 4.74 Å². The van der Waals surface area contributed by atoms with Gasteiger partial charge in [0, 0.05) is 13.1 Å². The number of carbonyl (C=O) groups is 1. The fourth-order valence-electron chi connectivity index (χ4n) is 3.22. The van der Waals surface area contributed by atoms with Gasteiger partial charge in [0.15, 0.2) is 0 Å². The molecular formula is C15H28N2O2. The largest absolute Gasteiger partial charge is 0.368 e. The van der Waals surface area contributed by atoms with Crippen LogP contribution in [0.25, 0.3) is 0 Å². The van der Waals surface area contributed by atoms with Crippen LogP contribution < -0.4 is 5.32 Å². The van der Waals surface area contributed by atoms with Gasteiger partial charge < -0.3 is 15.0 Å². The molecule has 19 heavy (non-hydrogen) atoms. The number of amides is 1. The van der Waals surface area contributed by atoms with Crippen LogP contribution in [0.3, 0.4) is 0 Å². The molecule has 0 saturated carbocycles. The normalized spacial score (nSPS) is 23.8. The van der Waals surface area contributed by atoms with Crippen molar-refractivity contribution in [3.63, 3.8) is 0 Å². The molecule has 0 bridgehead atoms. The van der Waals surface area contributed by atoms with Crippen LogP contribution in [0.1, 0.15) is 46.0 Å². The fraction of sp³-hybridized carbons (Fsp3) is 0.933. The van der Waals surface area contributed by atoms with E-state index in [0.29, 0.717) is 5.41 Å². The highest BCUT2D eigenvalue weighted by Gasteiger charge is 2.36. The molecule has 1 amide bonds. The average Bonchev–Trinajstić information content (AvgIpc) is 2.91. The highest BCUT2D eigenvalue weighted by atomic mass is 16.5. The van der Waals surface area contributed by atoms with Crippen molar-refractivity contribution in [2.45, 2.75) is 52.1 Å². The Balaban J connectivity index is 1.74. The van der Waals surface area contributed by atoms with Crippen molar-refractivity contribution in [1.29, 1.82) is 0 Å². The third-order valence-electron chi connectivity index (χ3n) is 5.02. The van der Waals surface area contributed by atoms with Gasteiger partial charge in [0.2, 0.25) is 5.91 Å². The SMILES string of the molecule is CCC1(CC)CCN(C(=O)COC2CCNCC2)C1. The standard InChI is InChI=1S/C15H28N2O2/c1-3-15(4-2)7-10-17(12-15)14(18)11-19-13-5-8-16-9-6-13/h13,16H,3-12H2,1-2H3. The summed E-state index contributed by atoms with van der Waals surface area (Å²) < 4.78 is 5.76. The van der Waals surface area contributed by atoms with Gasteiger partial charge in [-0.3, -0.25) is 4.79 Å². The Labute approximate surface area is 116 Å². The molecule has 2 aliphatic rings. The Morgan fingerprint density at radius 2 is 2.00 bits per heavy atom. The van der Waals surface area contributed by atoms with Crippen LogP contribution in [0.4, 0.5) is 0 Å². The minimum absolute atomic E-state index is 0.183. The molecule has 4 heteroatoms. The molecule has 2 saturated heterocycles. The molecule has 0 spiro atoms. The van der Waals surface area contributed by atoms with E-state index in [2.05, 4.69) is 19.2 Å². The zero-order chi connectivity index (χ0) is 13.7. The summed E-state index contributed by atoms with van der Waals surface area (Å²) in [5, 5.41) is 3.31. The Hall–Kier alpha value is -0.610. The summed E-state index contributed by atoms with van der Waals surface area (Å²) in [5.41, 5.74) is 0.365. The number of rotatable bonds is 5. The summed E-state index contributed by atoms with van der Waals surface area (Å²) in [7, 11) is 0. The van der Waals surface area contributed by atoms with Crippen LogP contribution in [0, 0.1) is 5.41 Å². The molecule has 4 nitrogen and oxygen atoms in total.